The lowest BCUT2D eigenvalue weighted by molar-refractivity contribution is -0.128. The Balaban J connectivity index is 1.36. The number of nitrogens with one attached hydrogen (secondary N) is 2. The smallest absolute Gasteiger partial charge is 0.242 e. The third-order valence-corrected chi connectivity index (χ3v) is 7.29. The molecule has 1 fully saturated rings. The predicted molar refractivity (Wildman–Crippen MR) is 143 cm³/mol. The summed E-state index contributed by atoms with van der Waals surface area (Å²) in [5.74, 6) is -0.332. The first kappa shape index (κ1) is 23.2. The van der Waals surface area contributed by atoms with Crippen molar-refractivity contribution < 1.29 is 9.59 Å². The van der Waals surface area contributed by atoms with Gasteiger partial charge in [-0.3, -0.25) is 14.5 Å². The van der Waals surface area contributed by atoms with Crippen molar-refractivity contribution >= 4 is 62.6 Å². The van der Waals surface area contributed by atoms with E-state index in [1.54, 1.807) is 11.0 Å². The molecule has 2 N–H and O–H groups in total. The molecule has 5 rings (SSSR count). The molecule has 35 heavy (non-hydrogen) atoms. The molecule has 8 heteroatoms. The van der Waals surface area contributed by atoms with Crippen LogP contribution in [0.2, 0.25) is 5.02 Å². The second-order valence-electron chi connectivity index (χ2n) is 8.17. The summed E-state index contributed by atoms with van der Waals surface area (Å²) in [4.78, 5) is 35.7. The maximum Gasteiger partial charge on any atom is 0.242 e. The lowest BCUT2D eigenvalue weighted by atomic mass is 10.1. The van der Waals surface area contributed by atoms with Gasteiger partial charge in [0.2, 0.25) is 11.8 Å². The van der Waals surface area contributed by atoms with Crippen molar-refractivity contribution in [2.24, 2.45) is 4.99 Å². The van der Waals surface area contributed by atoms with E-state index in [1.807, 2.05) is 72.9 Å². The monoisotopic (exact) mass is 502 g/mol. The lowest BCUT2D eigenvalue weighted by Crippen LogP contribution is -2.35. The van der Waals surface area contributed by atoms with Crippen LogP contribution in [0.4, 0.5) is 11.4 Å². The number of amides is 2. The van der Waals surface area contributed by atoms with E-state index in [1.165, 1.54) is 11.8 Å². The van der Waals surface area contributed by atoms with Gasteiger partial charge in [0.1, 0.15) is 5.25 Å². The minimum atomic E-state index is -0.553. The van der Waals surface area contributed by atoms with E-state index in [4.69, 9.17) is 16.6 Å². The number of carbonyl (C=O) groups excluding carboxylic acids is 2. The highest BCUT2D eigenvalue weighted by atomic mass is 35.5. The Bertz CT molecular complexity index is 1400. The first-order valence-electron chi connectivity index (χ1n) is 11.3. The maximum absolute atomic E-state index is 13.4. The summed E-state index contributed by atoms with van der Waals surface area (Å²) in [6, 6.07) is 24.6. The van der Waals surface area contributed by atoms with Crippen LogP contribution in [0.5, 0.6) is 0 Å². The van der Waals surface area contributed by atoms with E-state index >= 15 is 0 Å². The summed E-state index contributed by atoms with van der Waals surface area (Å²) < 4.78 is 0. The van der Waals surface area contributed by atoms with E-state index in [0.29, 0.717) is 34.5 Å². The number of anilines is 1. The minimum absolute atomic E-state index is 0.0590. The number of carbonyl (C=O) groups is 2. The number of H-pyrrole nitrogens is 1. The zero-order valence-corrected chi connectivity index (χ0v) is 20.4. The summed E-state index contributed by atoms with van der Waals surface area (Å²) >= 11 is 7.64. The topological polar surface area (TPSA) is 77.6 Å². The van der Waals surface area contributed by atoms with Gasteiger partial charge in [0.05, 0.1) is 10.7 Å². The molecule has 2 amide bonds. The molecule has 1 aliphatic heterocycles. The van der Waals surface area contributed by atoms with Crippen LogP contribution in [0.1, 0.15) is 12.0 Å². The van der Waals surface area contributed by atoms with Crippen molar-refractivity contribution in [1.82, 2.24) is 9.88 Å². The number of aromatic amines is 1. The predicted octanol–water partition coefficient (Wildman–Crippen LogP) is 6.02. The third kappa shape index (κ3) is 5.26. The van der Waals surface area contributed by atoms with Gasteiger partial charge in [-0.05, 0) is 42.3 Å². The molecular weight excluding hydrogens is 480 g/mol. The van der Waals surface area contributed by atoms with E-state index in [9.17, 15) is 9.59 Å². The van der Waals surface area contributed by atoms with Crippen LogP contribution in [0.3, 0.4) is 0 Å². The number of hydrogen-bond acceptors (Lipinski definition) is 4. The third-order valence-electron chi connectivity index (χ3n) is 5.80. The van der Waals surface area contributed by atoms with Gasteiger partial charge in [0, 0.05) is 35.8 Å². The number of rotatable bonds is 7. The average Bonchev–Trinajstić information content (AvgIpc) is 3.40. The first-order chi connectivity index (χ1) is 17.1. The molecule has 3 aromatic carbocycles. The second kappa shape index (κ2) is 10.4. The number of benzene rings is 3. The molecule has 0 radical (unpaired) electrons. The summed E-state index contributed by atoms with van der Waals surface area (Å²) in [6.07, 6.45) is 2.69. The molecular formula is C27H23ClN4O2S. The lowest BCUT2D eigenvalue weighted by Gasteiger charge is -2.16. The number of hydrogen-bond donors (Lipinski definition) is 2. The highest BCUT2D eigenvalue weighted by Crippen LogP contribution is 2.34. The van der Waals surface area contributed by atoms with E-state index in [0.717, 1.165) is 16.5 Å². The normalized spacial score (nSPS) is 16.8. The fourth-order valence-electron chi connectivity index (χ4n) is 4.05. The number of nitrogens with zero attached hydrogens (tertiary/aromatic N) is 2. The Morgan fingerprint density at radius 1 is 1.03 bits per heavy atom. The minimum Gasteiger partial charge on any atom is -0.361 e. The zero-order valence-electron chi connectivity index (χ0n) is 18.8. The Kier molecular flexibility index (Phi) is 6.88. The highest BCUT2D eigenvalue weighted by Gasteiger charge is 2.39. The SMILES string of the molecule is O=C(CC1SC(=Nc2ccccc2Cl)N(CCc2c[nH]c3ccccc23)C1=O)Nc1ccccc1. The summed E-state index contributed by atoms with van der Waals surface area (Å²) in [5, 5.41) is 4.51. The van der Waals surface area contributed by atoms with E-state index in [-0.39, 0.29) is 18.2 Å². The van der Waals surface area contributed by atoms with Crippen LogP contribution in [-0.4, -0.2) is 38.7 Å². The molecule has 0 bridgehead atoms. The first-order valence-corrected chi connectivity index (χ1v) is 12.6. The Morgan fingerprint density at radius 3 is 2.60 bits per heavy atom. The fourth-order valence-corrected chi connectivity index (χ4v) is 5.40. The van der Waals surface area contributed by atoms with Crippen molar-refractivity contribution in [3.05, 3.63) is 95.6 Å². The van der Waals surface area contributed by atoms with Gasteiger partial charge in [-0.1, -0.05) is 71.9 Å². The van der Waals surface area contributed by atoms with Crippen LogP contribution >= 0.6 is 23.4 Å². The number of aliphatic imine (C=N–C) groups is 1. The van der Waals surface area contributed by atoms with Crippen molar-refractivity contribution in [3.63, 3.8) is 0 Å². The summed E-state index contributed by atoms with van der Waals surface area (Å²) in [6.45, 7) is 0.452. The number of aromatic nitrogens is 1. The number of thioether (sulfide) groups is 1. The summed E-state index contributed by atoms with van der Waals surface area (Å²) in [7, 11) is 0. The van der Waals surface area contributed by atoms with Crippen molar-refractivity contribution in [2.75, 3.05) is 11.9 Å². The molecule has 2 heterocycles. The zero-order chi connectivity index (χ0) is 24.2. The van der Waals surface area contributed by atoms with E-state index < -0.39 is 5.25 Å². The molecule has 6 nitrogen and oxygen atoms in total. The van der Waals surface area contributed by atoms with E-state index in [2.05, 4.69) is 16.4 Å². The largest absolute Gasteiger partial charge is 0.361 e. The Labute approximate surface area is 212 Å². The van der Waals surface area contributed by atoms with Gasteiger partial charge >= 0.3 is 0 Å². The van der Waals surface area contributed by atoms with Crippen molar-refractivity contribution in [1.29, 1.82) is 0 Å². The maximum atomic E-state index is 13.4. The molecule has 1 aromatic heterocycles. The number of fused-ring (bicyclic) bond motifs is 1. The molecule has 1 saturated heterocycles. The highest BCUT2D eigenvalue weighted by molar-refractivity contribution is 8.15. The van der Waals surface area contributed by atoms with Crippen LogP contribution in [0, 0.1) is 0 Å². The number of para-hydroxylation sites is 3. The van der Waals surface area contributed by atoms with Gasteiger partial charge in [-0.2, -0.15) is 0 Å². The quantitative estimate of drug-likeness (QED) is 0.324. The number of halogens is 1. The van der Waals surface area contributed by atoms with Gasteiger partial charge in [-0.25, -0.2) is 4.99 Å². The standard InChI is InChI=1S/C27H23ClN4O2S/c28-21-11-5-7-13-23(21)31-27-32(15-14-18-17-29-22-12-6-4-10-20(18)22)26(34)24(35-27)16-25(33)30-19-8-2-1-3-9-19/h1-13,17,24,29H,14-16H2,(H,30,33). The van der Waals surface area contributed by atoms with Gasteiger partial charge in [0.25, 0.3) is 0 Å². The molecule has 0 saturated carbocycles. The second-order valence-corrected chi connectivity index (χ2v) is 9.75. The molecule has 0 spiro atoms. The van der Waals surface area contributed by atoms with Gasteiger partial charge in [0.15, 0.2) is 5.17 Å². The van der Waals surface area contributed by atoms with Crippen LogP contribution < -0.4 is 5.32 Å². The Hall–Kier alpha value is -3.55. The average molecular weight is 503 g/mol. The molecule has 1 aliphatic rings. The van der Waals surface area contributed by atoms with Gasteiger partial charge < -0.3 is 10.3 Å². The summed E-state index contributed by atoms with van der Waals surface area (Å²) in [5.41, 5.74) is 3.48. The molecule has 0 aliphatic carbocycles. The Morgan fingerprint density at radius 2 is 1.77 bits per heavy atom. The molecule has 4 aromatic rings. The van der Waals surface area contributed by atoms with Crippen molar-refractivity contribution in [3.8, 4) is 0 Å². The van der Waals surface area contributed by atoms with Crippen LogP contribution in [0.25, 0.3) is 10.9 Å². The molecule has 176 valence electrons. The van der Waals surface area contributed by atoms with Crippen LogP contribution in [0.15, 0.2) is 90.1 Å². The van der Waals surface area contributed by atoms with Gasteiger partial charge in [-0.15, -0.1) is 0 Å². The van der Waals surface area contributed by atoms with Crippen molar-refractivity contribution in [2.45, 2.75) is 18.1 Å². The molecule has 1 atom stereocenters. The number of amidine groups is 1. The fraction of sp³-hybridized carbons (Fsp3) is 0.148. The van der Waals surface area contributed by atoms with Crippen LogP contribution in [-0.2, 0) is 16.0 Å². The molecule has 1 unspecified atom stereocenters.